The van der Waals surface area contributed by atoms with E-state index in [-0.39, 0.29) is 40.0 Å². The predicted octanol–water partition coefficient (Wildman–Crippen LogP) is 2.53. The van der Waals surface area contributed by atoms with Crippen LogP contribution in [0.3, 0.4) is 0 Å². The zero-order chi connectivity index (χ0) is 7.82. The molecule has 0 bridgehead atoms. The van der Waals surface area contributed by atoms with E-state index < -0.39 is 0 Å². The second kappa shape index (κ2) is 13.8. The summed E-state index contributed by atoms with van der Waals surface area (Å²) in [6, 6.07) is 10.4. The van der Waals surface area contributed by atoms with Gasteiger partial charge in [-0.1, -0.05) is 0 Å². The zero-order valence-electron chi connectivity index (χ0n) is 7.54. The van der Waals surface area contributed by atoms with E-state index in [4.69, 9.17) is 4.74 Å². The first-order valence-electron chi connectivity index (χ1n) is 3.15. The number of hydrogen-bond donors (Lipinski definition) is 0. The molecule has 3 heteroatoms. The van der Waals surface area contributed by atoms with E-state index in [1.807, 2.05) is 24.3 Å². The van der Waals surface area contributed by atoms with E-state index in [2.05, 4.69) is 13.0 Å². The molecule has 0 aliphatic rings. The Balaban J connectivity index is -0.000000189. The number of halogens is 1. The summed E-state index contributed by atoms with van der Waals surface area (Å²) in [7, 11) is 1.63. The summed E-state index contributed by atoms with van der Waals surface area (Å²) in [5, 5.41) is 0. The van der Waals surface area contributed by atoms with Crippen LogP contribution in [0.15, 0.2) is 24.3 Å². The average Bonchev–Trinajstić information content (AvgIpc) is 2.10. The first kappa shape index (κ1) is 18.1. The molecule has 0 fully saturated rings. The number of ether oxygens (including phenoxy) is 1. The van der Waals surface area contributed by atoms with Gasteiger partial charge >= 0.3 is 23.1 Å². The maximum absolute atomic E-state index is 4.86. The SMILES string of the molecule is Br.COc1[c-]cccc1.[CH2-]C.[Mg+2]. The molecule has 0 heterocycles. The average molecular weight is 241 g/mol. The van der Waals surface area contributed by atoms with Crippen molar-refractivity contribution in [2.24, 2.45) is 0 Å². The molecule has 1 nitrogen and oxygen atoms in total. The van der Waals surface area contributed by atoms with Gasteiger partial charge in [-0.15, -0.1) is 29.1 Å². The third-order valence-electron chi connectivity index (χ3n) is 0.900. The fourth-order valence-electron chi connectivity index (χ4n) is 0.504. The van der Waals surface area contributed by atoms with Crippen LogP contribution in [0.5, 0.6) is 5.75 Å². The molecule has 0 saturated heterocycles. The van der Waals surface area contributed by atoms with Crippen LogP contribution in [-0.2, 0) is 0 Å². The maximum Gasteiger partial charge on any atom is 2.00 e. The van der Waals surface area contributed by atoms with Crippen molar-refractivity contribution < 1.29 is 4.74 Å². The summed E-state index contributed by atoms with van der Waals surface area (Å²) in [6.07, 6.45) is 0. The second-order valence-corrected chi connectivity index (χ2v) is 1.43. The Hall–Kier alpha value is 0.266. The molecule has 0 aromatic heterocycles. The normalized spacial score (nSPS) is 6.25. The maximum atomic E-state index is 4.86. The monoisotopic (exact) mass is 240 g/mol. The van der Waals surface area contributed by atoms with Crippen LogP contribution in [0.2, 0.25) is 0 Å². The van der Waals surface area contributed by atoms with Gasteiger partial charge in [-0.05, 0) is 0 Å². The van der Waals surface area contributed by atoms with E-state index in [0.29, 0.717) is 0 Å². The minimum Gasteiger partial charge on any atom is -0.523 e. The summed E-state index contributed by atoms with van der Waals surface area (Å²) in [5.41, 5.74) is 0. The van der Waals surface area contributed by atoms with Crippen molar-refractivity contribution in [2.75, 3.05) is 7.11 Å². The van der Waals surface area contributed by atoms with Crippen LogP contribution in [0, 0.1) is 13.0 Å². The van der Waals surface area contributed by atoms with E-state index in [0.717, 1.165) is 5.75 Å². The van der Waals surface area contributed by atoms with E-state index in [1.165, 1.54) is 0 Å². The molecule has 0 radical (unpaired) electrons. The molecule has 0 aliphatic heterocycles. The molecule has 64 valence electrons. The van der Waals surface area contributed by atoms with Crippen molar-refractivity contribution in [2.45, 2.75) is 6.92 Å². The van der Waals surface area contributed by atoms with Crippen molar-refractivity contribution in [3.63, 3.8) is 0 Å². The van der Waals surface area contributed by atoms with Gasteiger partial charge < -0.3 is 11.7 Å². The van der Waals surface area contributed by atoms with Gasteiger partial charge in [0.15, 0.2) is 0 Å². The molecule has 0 saturated carbocycles. The van der Waals surface area contributed by atoms with Crippen molar-refractivity contribution in [1.29, 1.82) is 0 Å². The molecule has 0 N–H and O–H groups in total. The summed E-state index contributed by atoms with van der Waals surface area (Å²) in [6.45, 7) is 5.00. The Kier molecular flexibility index (Phi) is 20.9. The van der Waals surface area contributed by atoms with Gasteiger partial charge in [-0.2, -0.15) is 25.1 Å². The van der Waals surface area contributed by atoms with Crippen LogP contribution in [0.25, 0.3) is 0 Å². The summed E-state index contributed by atoms with van der Waals surface area (Å²) in [5.74, 6) is 0.785. The molecule has 0 atom stereocenters. The molecular weight excluding hydrogens is 228 g/mol. The molecule has 0 spiro atoms. The van der Waals surface area contributed by atoms with Gasteiger partial charge in [-0.25, -0.2) is 0 Å². The standard InChI is InChI=1S/C7H7O.C2H5.BrH.Mg/c1-8-7-5-3-2-4-6-7;1-2;;/h2-5H,1H3;1H2,2H3;1H;/q2*-1;;+2. The molecule has 0 amide bonds. The van der Waals surface area contributed by atoms with Gasteiger partial charge in [0.1, 0.15) is 0 Å². The molecule has 1 aromatic carbocycles. The minimum atomic E-state index is 0. The minimum absolute atomic E-state index is 0. The first-order valence-corrected chi connectivity index (χ1v) is 3.15. The molecule has 0 unspecified atom stereocenters. The Morgan fingerprint density at radius 2 is 1.92 bits per heavy atom. The molecule has 1 rings (SSSR count). The Morgan fingerprint density at radius 1 is 1.33 bits per heavy atom. The third kappa shape index (κ3) is 8.36. The number of hydrogen-bond acceptors (Lipinski definition) is 1. The largest absolute Gasteiger partial charge is 2.00 e. The topological polar surface area (TPSA) is 9.23 Å². The summed E-state index contributed by atoms with van der Waals surface area (Å²) >= 11 is 0. The van der Waals surface area contributed by atoms with Crippen LogP contribution in [0.1, 0.15) is 6.92 Å². The first-order chi connectivity index (χ1) is 4.93. The Morgan fingerprint density at radius 3 is 2.17 bits per heavy atom. The second-order valence-electron chi connectivity index (χ2n) is 1.43. The Labute approximate surface area is 101 Å². The van der Waals surface area contributed by atoms with Gasteiger partial charge in [0.05, 0.1) is 7.11 Å². The van der Waals surface area contributed by atoms with Crippen LogP contribution in [0.4, 0.5) is 0 Å². The van der Waals surface area contributed by atoms with Crippen LogP contribution in [-0.4, -0.2) is 30.2 Å². The predicted molar refractivity (Wildman–Crippen MR) is 58.9 cm³/mol. The summed E-state index contributed by atoms with van der Waals surface area (Å²) in [4.78, 5) is 0. The zero-order valence-corrected chi connectivity index (χ0v) is 10.7. The van der Waals surface area contributed by atoms with Gasteiger partial charge in [0.2, 0.25) is 0 Å². The number of para-hydroxylation sites is 1. The van der Waals surface area contributed by atoms with Gasteiger partial charge in [0.25, 0.3) is 0 Å². The number of benzene rings is 1. The van der Waals surface area contributed by atoms with E-state index >= 15 is 0 Å². The summed E-state index contributed by atoms with van der Waals surface area (Å²) < 4.78 is 4.86. The fourth-order valence-corrected chi connectivity index (χ4v) is 0.504. The molecule has 12 heavy (non-hydrogen) atoms. The third-order valence-corrected chi connectivity index (χ3v) is 0.900. The fraction of sp³-hybridized carbons (Fsp3) is 0.222. The molecule has 1 aromatic rings. The Bertz CT molecular complexity index is 156. The van der Waals surface area contributed by atoms with Crippen LogP contribution >= 0.6 is 17.0 Å². The number of rotatable bonds is 1. The van der Waals surface area contributed by atoms with Gasteiger partial charge in [0, 0.05) is 5.75 Å². The van der Waals surface area contributed by atoms with Crippen molar-refractivity contribution in [3.8, 4) is 5.75 Å². The van der Waals surface area contributed by atoms with Crippen molar-refractivity contribution in [3.05, 3.63) is 37.3 Å². The van der Waals surface area contributed by atoms with Crippen molar-refractivity contribution >= 4 is 40.0 Å². The molecule has 0 aliphatic carbocycles. The van der Waals surface area contributed by atoms with E-state index in [9.17, 15) is 0 Å². The van der Waals surface area contributed by atoms with Gasteiger partial charge in [-0.3, -0.25) is 0 Å². The van der Waals surface area contributed by atoms with Crippen LogP contribution < -0.4 is 4.74 Å². The van der Waals surface area contributed by atoms with E-state index in [1.54, 1.807) is 14.0 Å². The number of methoxy groups -OCH3 is 1. The molecular formula is C9H13BrMgO. The van der Waals surface area contributed by atoms with Crippen molar-refractivity contribution in [1.82, 2.24) is 0 Å². The smallest absolute Gasteiger partial charge is 0.523 e. The quantitative estimate of drug-likeness (QED) is 0.542.